The Labute approximate surface area is 172 Å². The van der Waals surface area contributed by atoms with Crippen LogP contribution in [0.5, 0.6) is 17.2 Å². The summed E-state index contributed by atoms with van der Waals surface area (Å²) in [6.07, 6.45) is 0. The second-order valence-corrected chi connectivity index (χ2v) is 6.99. The molecule has 4 heteroatoms. The van der Waals surface area contributed by atoms with Crippen LogP contribution in [0.4, 0.5) is 0 Å². The van der Waals surface area contributed by atoms with Crippen molar-refractivity contribution >= 4 is 5.78 Å². The van der Waals surface area contributed by atoms with Crippen LogP contribution in [-0.4, -0.2) is 12.9 Å². The minimum atomic E-state index is 0.00995. The smallest absolute Gasteiger partial charge is 0.159 e. The molecule has 0 heterocycles. The highest BCUT2D eigenvalue weighted by atomic mass is 16.5. The summed E-state index contributed by atoms with van der Waals surface area (Å²) < 4.78 is 17.3. The molecule has 0 saturated carbocycles. The number of carbonyl (C=O) groups is 1. The molecule has 3 aromatic rings. The first-order valence-corrected chi connectivity index (χ1v) is 9.56. The fourth-order valence-electron chi connectivity index (χ4n) is 3.05. The van der Waals surface area contributed by atoms with Crippen molar-refractivity contribution in [1.82, 2.24) is 0 Å². The summed E-state index contributed by atoms with van der Waals surface area (Å²) in [5.74, 6) is 2.14. The van der Waals surface area contributed by atoms with Crippen LogP contribution in [0, 0.1) is 13.8 Å². The van der Waals surface area contributed by atoms with Crippen LogP contribution >= 0.6 is 0 Å². The van der Waals surface area contributed by atoms with Gasteiger partial charge in [0.05, 0.1) is 7.11 Å². The molecule has 3 aromatic carbocycles. The number of hydrogen-bond donors (Lipinski definition) is 0. The molecule has 4 nitrogen and oxygen atoms in total. The van der Waals surface area contributed by atoms with E-state index >= 15 is 0 Å². The van der Waals surface area contributed by atoms with Crippen molar-refractivity contribution in [3.8, 4) is 17.2 Å². The van der Waals surface area contributed by atoms with Gasteiger partial charge in [-0.15, -0.1) is 0 Å². The molecule has 3 rings (SSSR count). The summed E-state index contributed by atoms with van der Waals surface area (Å²) in [6.45, 7) is 6.55. The molecule has 0 fully saturated rings. The highest BCUT2D eigenvalue weighted by Gasteiger charge is 2.09. The maximum absolute atomic E-state index is 11.7. The summed E-state index contributed by atoms with van der Waals surface area (Å²) >= 11 is 0. The molecule has 0 aliphatic carbocycles. The fraction of sp³-hybridized carbons (Fsp3) is 0.240. The van der Waals surface area contributed by atoms with Crippen LogP contribution in [-0.2, 0) is 13.2 Å². The molecule has 0 aliphatic heterocycles. The van der Waals surface area contributed by atoms with Gasteiger partial charge in [0.25, 0.3) is 0 Å². The van der Waals surface area contributed by atoms with E-state index in [2.05, 4.69) is 26.0 Å². The standard InChI is InChI=1S/C25H26O4/c1-17-7-5-8-21(18(17)2)15-28-23-9-6-10-24(14-23)29-16-22-13-20(19(3)26)11-12-25(22)27-4/h5-14H,15-16H2,1-4H3. The number of carbonyl (C=O) groups excluding carboxylic acids is 1. The highest BCUT2D eigenvalue weighted by molar-refractivity contribution is 5.94. The molecular formula is C25H26O4. The average molecular weight is 390 g/mol. The number of hydrogen-bond acceptors (Lipinski definition) is 4. The largest absolute Gasteiger partial charge is 0.496 e. The van der Waals surface area contributed by atoms with E-state index in [1.54, 1.807) is 26.2 Å². The first-order valence-electron chi connectivity index (χ1n) is 9.56. The van der Waals surface area contributed by atoms with Gasteiger partial charge in [0.1, 0.15) is 30.5 Å². The predicted octanol–water partition coefficient (Wildman–Crippen LogP) is 5.67. The highest BCUT2D eigenvalue weighted by Crippen LogP contribution is 2.25. The zero-order valence-corrected chi connectivity index (χ0v) is 17.3. The van der Waals surface area contributed by atoms with Crippen LogP contribution in [0.25, 0.3) is 0 Å². The van der Waals surface area contributed by atoms with Gasteiger partial charge < -0.3 is 14.2 Å². The van der Waals surface area contributed by atoms with Crippen molar-refractivity contribution in [2.24, 2.45) is 0 Å². The quantitative estimate of drug-likeness (QED) is 0.465. The van der Waals surface area contributed by atoms with Gasteiger partial charge in [-0.05, 0) is 67.8 Å². The van der Waals surface area contributed by atoms with E-state index in [-0.39, 0.29) is 5.78 Å². The van der Waals surface area contributed by atoms with Crippen LogP contribution in [0.15, 0.2) is 60.7 Å². The van der Waals surface area contributed by atoms with Gasteiger partial charge >= 0.3 is 0 Å². The number of ether oxygens (including phenoxy) is 3. The van der Waals surface area contributed by atoms with E-state index in [4.69, 9.17) is 14.2 Å². The van der Waals surface area contributed by atoms with Crippen molar-refractivity contribution in [3.05, 3.63) is 88.5 Å². The minimum absolute atomic E-state index is 0.00995. The Kier molecular flexibility index (Phi) is 6.55. The van der Waals surface area contributed by atoms with Crippen molar-refractivity contribution in [1.29, 1.82) is 0 Å². The van der Waals surface area contributed by atoms with Gasteiger partial charge in [0.15, 0.2) is 5.78 Å². The zero-order chi connectivity index (χ0) is 20.8. The van der Waals surface area contributed by atoms with Gasteiger partial charge in [-0.2, -0.15) is 0 Å². The maximum Gasteiger partial charge on any atom is 0.159 e. The molecule has 0 amide bonds. The topological polar surface area (TPSA) is 44.8 Å². The molecule has 0 saturated heterocycles. The number of rotatable bonds is 8. The fourth-order valence-corrected chi connectivity index (χ4v) is 3.05. The molecule has 0 bridgehead atoms. The van der Waals surface area contributed by atoms with E-state index in [9.17, 15) is 4.79 Å². The van der Waals surface area contributed by atoms with Crippen molar-refractivity contribution in [2.45, 2.75) is 34.0 Å². The van der Waals surface area contributed by atoms with E-state index < -0.39 is 0 Å². The molecule has 0 N–H and O–H groups in total. The predicted molar refractivity (Wildman–Crippen MR) is 114 cm³/mol. The van der Waals surface area contributed by atoms with E-state index in [1.807, 2.05) is 36.4 Å². The van der Waals surface area contributed by atoms with Crippen LogP contribution < -0.4 is 14.2 Å². The van der Waals surface area contributed by atoms with Gasteiger partial charge in [-0.1, -0.05) is 24.3 Å². The van der Waals surface area contributed by atoms with E-state index in [1.165, 1.54) is 16.7 Å². The van der Waals surface area contributed by atoms with Gasteiger partial charge in [-0.25, -0.2) is 0 Å². The molecule has 0 radical (unpaired) electrons. The summed E-state index contributed by atoms with van der Waals surface area (Å²) in [5.41, 5.74) is 5.13. The number of methoxy groups -OCH3 is 1. The first kappa shape index (κ1) is 20.5. The van der Waals surface area contributed by atoms with Crippen LogP contribution in [0.2, 0.25) is 0 Å². The lowest BCUT2D eigenvalue weighted by Crippen LogP contribution is -2.02. The molecule has 0 aromatic heterocycles. The third-order valence-corrected chi connectivity index (χ3v) is 5.00. The first-order chi connectivity index (χ1) is 14.0. The van der Waals surface area contributed by atoms with Crippen molar-refractivity contribution in [2.75, 3.05) is 7.11 Å². The number of aryl methyl sites for hydroxylation is 1. The second-order valence-electron chi connectivity index (χ2n) is 6.99. The minimum Gasteiger partial charge on any atom is -0.496 e. The third-order valence-electron chi connectivity index (χ3n) is 5.00. The molecule has 29 heavy (non-hydrogen) atoms. The molecule has 150 valence electrons. The SMILES string of the molecule is COc1ccc(C(C)=O)cc1COc1cccc(OCc2cccc(C)c2C)c1. The molecular weight excluding hydrogens is 364 g/mol. The van der Waals surface area contributed by atoms with Gasteiger partial charge in [0.2, 0.25) is 0 Å². The number of Topliss-reactive ketones (excluding diaryl/α,β-unsaturated/α-hetero) is 1. The summed E-state index contributed by atoms with van der Waals surface area (Å²) in [4.78, 5) is 11.7. The normalized spacial score (nSPS) is 10.5. The Hall–Kier alpha value is -3.27. The second kappa shape index (κ2) is 9.28. The van der Waals surface area contributed by atoms with Gasteiger partial charge in [0, 0.05) is 17.2 Å². The maximum atomic E-state index is 11.7. The lowest BCUT2D eigenvalue weighted by molar-refractivity contribution is 0.101. The zero-order valence-electron chi connectivity index (χ0n) is 17.3. The Morgan fingerprint density at radius 3 is 2.14 bits per heavy atom. The van der Waals surface area contributed by atoms with E-state index in [0.29, 0.717) is 30.3 Å². The monoisotopic (exact) mass is 390 g/mol. The average Bonchev–Trinajstić information content (AvgIpc) is 2.73. The lowest BCUT2D eigenvalue weighted by atomic mass is 10.0. The Bertz CT molecular complexity index is 1010. The molecule has 0 spiro atoms. The molecule has 0 atom stereocenters. The summed E-state index contributed by atoms with van der Waals surface area (Å²) in [5, 5.41) is 0. The Morgan fingerprint density at radius 2 is 1.48 bits per heavy atom. The summed E-state index contributed by atoms with van der Waals surface area (Å²) in [6, 6.07) is 19.1. The Morgan fingerprint density at radius 1 is 0.828 bits per heavy atom. The van der Waals surface area contributed by atoms with Crippen molar-refractivity contribution < 1.29 is 19.0 Å². The summed E-state index contributed by atoms with van der Waals surface area (Å²) in [7, 11) is 1.61. The van der Waals surface area contributed by atoms with Crippen molar-refractivity contribution in [3.63, 3.8) is 0 Å². The Balaban J connectivity index is 1.68. The van der Waals surface area contributed by atoms with E-state index in [0.717, 1.165) is 11.3 Å². The van der Waals surface area contributed by atoms with Crippen LogP contribution in [0.1, 0.15) is 39.5 Å². The molecule has 0 unspecified atom stereocenters. The van der Waals surface area contributed by atoms with Crippen LogP contribution in [0.3, 0.4) is 0 Å². The number of ketones is 1. The third kappa shape index (κ3) is 5.17. The molecule has 0 aliphatic rings. The number of benzene rings is 3. The lowest BCUT2D eigenvalue weighted by Gasteiger charge is -2.13. The van der Waals surface area contributed by atoms with Gasteiger partial charge in [-0.3, -0.25) is 4.79 Å².